The minimum absolute atomic E-state index is 0.211. The molecule has 1 heterocycles. The molecule has 0 amide bonds. The van der Waals surface area contributed by atoms with Crippen molar-refractivity contribution in [3.63, 3.8) is 0 Å². The molecule has 1 aromatic carbocycles. The Morgan fingerprint density at radius 3 is 2.82 bits per heavy atom. The highest BCUT2D eigenvalue weighted by Crippen LogP contribution is 2.21. The van der Waals surface area contributed by atoms with Gasteiger partial charge in [-0.1, -0.05) is 17.3 Å². The monoisotopic (exact) mass is 227 g/mol. The molecule has 0 aliphatic rings. The molecular formula is C12H13N5. The van der Waals surface area contributed by atoms with Crippen LogP contribution in [0.2, 0.25) is 0 Å². The quantitative estimate of drug-likeness (QED) is 0.792. The highest BCUT2D eigenvalue weighted by Gasteiger charge is 2.16. The van der Waals surface area contributed by atoms with E-state index in [-0.39, 0.29) is 6.04 Å². The number of hydrogen-bond donors (Lipinski definition) is 1. The number of hydrogen-bond acceptors (Lipinski definition) is 4. The first kappa shape index (κ1) is 11.1. The summed E-state index contributed by atoms with van der Waals surface area (Å²) in [5, 5.41) is 17.2. The zero-order valence-electron chi connectivity index (χ0n) is 9.75. The summed E-state index contributed by atoms with van der Waals surface area (Å²) in [6.07, 6.45) is 0. The fraction of sp³-hybridized carbons (Fsp3) is 0.250. The van der Waals surface area contributed by atoms with Gasteiger partial charge in [-0.3, -0.25) is 0 Å². The number of allylic oxidation sites excluding steroid dienone is 2. The van der Waals surface area contributed by atoms with E-state index in [1.54, 1.807) is 11.6 Å². The fourth-order valence-corrected chi connectivity index (χ4v) is 1.81. The van der Waals surface area contributed by atoms with Crippen LogP contribution in [0.1, 0.15) is 19.9 Å². The van der Waals surface area contributed by atoms with Gasteiger partial charge in [0, 0.05) is 5.70 Å². The molecule has 2 aromatic rings. The third kappa shape index (κ3) is 1.85. The summed E-state index contributed by atoms with van der Waals surface area (Å²) >= 11 is 0. The zero-order chi connectivity index (χ0) is 12.4. The zero-order valence-corrected chi connectivity index (χ0v) is 9.75. The molecule has 1 atom stereocenters. The highest BCUT2D eigenvalue weighted by molar-refractivity contribution is 5.74. The first-order chi connectivity index (χ1) is 8.15. The lowest BCUT2D eigenvalue weighted by molar-refractivity contribution is 0.557. The molecule has 5 heteroatoms. The number of nitriles is 1. The average Bonchev–Trinajstić information content (AvgIpc) is 2.72. The summed E-state index contributed by atoms with van der Waals surface area (Å²) in [6, 6.07) is 9.54. The lowest BCUT2D eigenvalue weighted by Gasteiger charge is -2.12. The van der Waals surface area contributed by atoms with E-state index in [1.165, 1.54) is 0 Å². The number of nitrogens with two attached hydrogens (primary N) is 1. The van der Waals surface area contributed by atoms with Crippen molar-refractivity contribution in [3.05, 3.63) is 35.5 Å². The molecule has 2 rings (SSSR count). The maximum atomic E-state index is 9.09. The summed E-state index contributed by atoms with van der Waals surface area (Å²) in [7, 11) is 0. The van der Waals surface area contributed by atoms with Crippen LogP contribution in [-0.4, -0.2) is 15.0 Å². The van der Waals surface area contributed by atoms with E-state index in [4.69, 9.17) is 11.0 Å². The van der Waals surface area contributed by atoms with Crippen LogP contribution in [-0.2, 0) is 0 Å². The van der Waals surface area contributed by atoms with E-state index in [0.29, 0.717) is 11.3 Å². The first-order valence-electron chi connectivity index (χ1n) is 5.31. The van der Waals surface area contributed by atoms with Crippen molar-refractivity contribution in [3.8, 4) is 6.07 Å². The van der Waals surface area contributed by atoms with Crippen molar-refractivity contribution < 1.29 is 0 Å². The van der Waals surface area contributed by atoms with Gasteiger partial charge in [-0.25, -0.2) is 4.68 Å². The van der Waals surface area contributed by atoms with E-state index in [1.807, 2.05) is 31.2 Å². The average molecular weight is 227 g/mol. The molecule has 0 radical (unpaired) electrons. The molecule has 1 unspecified atom stereocenters. The van der Waals surface area contributed by atoms with Gasteiger partial charge in [-0.2, -0.15) is 5.26 Å². The largest absolute Gasteiger partial charge is 0.401 e. The lowest BCUT2D eigenvalue weighted by Crippen LogP contribution is -2.12. The standard InChI is InChI=1S/C12H13N5/c1-8(14)10(7-13)9(2)17-12-6-4-3-5-11(12)15-16-17/h3-6,9H,14H2,1-2H3/b10-8+. The third-order valence-corrected chi connectivity index (χ3v) is 2.71. The van der Waals surface area contributed by atoms with Crippen molar-refractivity contribution in [2.24, 2.45) is 5.73 Å². The fourth-order valence-electron chi connectivity index (χ4n) is 1.81. The number of aromatic nitrogens is 3. The van der Waals surface area contributed by atoms with Crippen molar-refractivity contribution in [2.75, 3.05) is 0 Å². The highest BCUT2D eigenvalue weighted by atomic mass is 15.4. The van der Waals surface area contributed by atoms with Crippen molar-refractivity contribution >= 4 is 11.0 Å². The summed E-state index contributed by atoms with van der Waals surface area (Å²) < 4.78 is 1.71. The Morgan fingerprint density at radius 1 is 1.47 bits per heavy atom. The molecule has 0 aliphatic heterocycles. The van der Waals surface area contributed by atoms with Gasteiger partial charge in [0.25, 0.3) is 0 Å². The van der Waals surface area contributed by atoms with Crippen LogP contribution in [0.5, 0.6) is 0 Å². The Kier molecular flexibility index (Phi) is 2.79. The van der Waals surface area contributed by atoms with Gasteiger partial charge in [-0.05, 0) is 26.0 Å². The van der Waals surface area contributed by atoms with Gasteiger partial charge in [0.2, 0.25) is 0 Å². The summed E-state index contributed by atoms with van der Waals surface area (Å²) in [5.41, 5.74) is 8.43. The number of nitrogens with zero attached hydrogens (tertiary/aromatic N) is 4. The SMILES string of the molecule is C/C(N)=C(/C#N)C(C)n1nnc2ccccc21. The summed E-state index contributed by atoms with van der Waals surface area (Å²) in [6.45, 7) is 3.60. The van der Waals surface area contributed by atoms with Gasteiger partial charge < -0.3 is 5.73 Å². The maximum absolute atomic E-state index is 9.09. The van der Waals surface area contributed by atoms with Crippen LogP contribution < -0.4 is 5.73 Å². The maximum Gasteiger partial charge on any atom is 0.113 e. The molecule has 86 valence electrons. The second kappa shape index (κ2) is 4.26. The summed E-state index contributed by atoms with van der Waals surface area (Å²) in [5.74, 6) is 0. The molecule has 0 spiro atoms. The first-order valence-corrected chi connectivity index (χ1v) is 5.31. The minimum Gasteiger partial charge on any atom is -0.401 e. The molecular weight excluding hydrogens is 214 g/mol. The van der Waals surface area contributed by atoms with Gasteiger partial charge in [0.15, 0.2) is 0 Å². The predicted molar refractivity (Wildman–Crippen MR) is 64.7 cm³/mol. The molecule has 17 heavy (non-hydrogen) atoms. The minimum atomic E-state index is -0.211. The topological polar surface area (TPSA) is 80.5 Å². The van der Waals surface area contributed by atoms with Crippen molar-refractivity contribution in [1.82, 2.24) is 15.0 Å². The van der Waals surface area contributed by atoms with E-state index in [9.17, 15) is 0 Å². The normalized spacial score (nSPS) is 14.2. The Morgan fingerprint density at radius 2 is 2.18 bits per heavy atom. The molecule has 0 fully saturated rings. The van der Waals surface area contributed by atoms with Crippen molar-refractivity contribution in [2.45, 2.75) is 19.9 Å². The predicted octanol–water partition coefficient (Wildman–Crippen LogP) is 1.75. The van der Waals surface area contributed by atoms with Gasteiger partial charge >= 0.3 is 0 Å². The van der Waals surface area contributed by atoms with Crippen LogP contribution in [0.25, 0.3) is 11.0 Å². The molecule has 5 nitrogen and oxygen atoms in total. The second-order valence-corrected chi connectivity index (χ2v) is 3.91. The lowest BCUT2D eigenvalue weighted by atomic mass is 10.1. The molecule has 1 aromatic heterocycles. The van der Waals surface area contributed by atoms with Gasteiger partial charge in [-0.15, -0.1) is 5.10 Å². The number of fused-ring (bicyclic) bond motifs is 1. The Bertz CT molecular complexity index is 613. The number of benzene rings is 1. The van der Waals surface area contributed by atoms with Crippen LogP contribution in [0, 0.1) is 11.3 Å². The third-order valence-electron chi connectivity index (χ3n) is 2.71. The molecule has 2 N–H and O–H groups in total. The van der Waals surface area contributed by atoms with Crippen LogP contribution in [0.4, 0.5) is 0 Å². The Hall–Kier alpha value is -2.35. The Balaban J connectivity index is 2.55. The van der Waals surface area contributed by atoms with Crippen LogP contribution in [0.15, 0.2) is 35.5 Å². The number of rotatable bonds is 2. The Labute approximate surface area is 99.1 Å². The van der Waals surface area contributed by atoms with E-state index < -0.39 is 0 Å². The molecule has 0 saturated heterocycles. The second-order valence-electron chi connectivity index (χ2n) is 3.91. The van der Waals surface area contributed by atoms with Crippen molar-refractivity contribution in [1.29, 1.82) is 5.26 Å². The summed E-state index contributed by atoms with van der Waals surface area (Å²) in [4.78, 5) is 0. The van der Waals surface area contributed by atoms with Crippen LogP contribution >= 0.6 is 0 Å². The van der Waals surface area contributed by atoms with Gasteiger partial charge in [0.05, 0.1) is 23.2 Å². The van der Waals surface area contributed by atoms with E-state index in [0.717, 1.165) is 11.0 Å². The number of para-hydroxylation sites is 1. The molecule has 0 bridgehead atoms. The van der Waals surface area contributed by atoms with Crippen LogP contribution in [0.3, 0.4) is 0 Å². The smallest absolute Gasteiger partial charge is 0.113 e. The van der Waals surface area contributed by atoms with E-state index in [2.05, 4.69) is 16.4 Å². The van der Waals surface area contributed by atoms with E-state index >= 15 is 0 Å². The van der Waals surface area contributed by atoms with Gasteiger partial charge in [0.1, 0.15) is 5.52 Å². The molecule has 0 saturated carbocycles. The molecule has 0 aliphatic carbocycles.